The molecule has 0 saturated heterocycles. The summed E-state index contributed by atoms with van der Waals surface area (Å²) in [5, 5.41) is 0. The first-order valence-electron chi connectivity index (χ1n) is 5.33. The molecule has 0 aliphatic carbocycles. The Morgan fingerprint density at radius 1 is 1.53 bits per heavy atom. The molecule has 1 unspecified atom stereocenters. The normalized spacial score (nSPS) is 12.0. The maximum atomic E-state index is 13.7. The SMILES string of the molecule is CCOC(=O)C(N)Cc1cccc(OC)c1F. The topological polar surface area (TPSA) is 61.5 Å². The van der Waals surface area contributed by atoms with Gasteiger partial charge in [0.15, 0.2) is 11.6 Å². The van der Waals surface area contributed by atoms with E-state index in [1.807, 2.05) is 0 Å². The van der Waals surface area contributed by atoms with Crippen molar-refractivity contribution in [2.75, 3.05) is 13.7 Å². The van der Waals surface area contributed by atoms with E-state index in [0.29, 0.717) is 5.56 Å². The zero-order valence-corrected chi connectivity index (χ0v) is 9.90. The number of halogens is 1. The number of ether oxygens (including phenoxy) is 2. The average molecular weight is 241 g/mol. The minimum atomic E-state index is -0.864. The fourth-order valence-electron chi connectivity index (χ4n) is 1.44. The Hall–Kier alpha value is -1.62. The Morgan fingerprint density at radius 2 is 2.24 bits per heavy atom. The summed E-state index contributed by atoms with van der Waals surface area (Å²) in [5.41, 5.74) is 5.95. The standard InChI is InChI=1S/C12H16FNO3/c1-3-17-12(15)9(14)7-8-5-4-6-10(16-2)11(8)13/h4-6,9H,3,7,14H2,1-2H3. The molecule has 0 spiro atoms. The van der Waals surface area contributed by atoms with Gasteiger partial charge in [-0.1, -0.05) is 12.1 Å². The third-order valence-corrected chi connectivity index (χ3v) is 2.29. The zero-order valence-electron chi connectivity index (χ0n) is 9.90. The summed E-state index contributed by atoms with van der Waals surface area (Å²) in [7, 11) is 1.38. The van der Waals surface area contributed by atoms with Crippen molar-refractivity contribution < 1.29 is 18.7 Å². The molecule has 0 fully saturated rings. The molecule has 17 heavy (non-hydrogen) atoms. The van der Waals surface area contributed by atoms with Crippen molar-refractivity contribution in [3.05, 3.63) is 29.6 Å². The van der Waals surface area contributed by atoms with Gasteiger partial charge in [0.25, 0.3) is 0 Å². The van der Waals surface area contributed by atoms with Gasteiger partial charge in [-0.05, 0) is 18.6 Å². The third-order valence-electron chi connectivity index (χ3n) is 2.29. The number of rotatable bonds is 5. The Balaban J connectivity index is 2.78. The van der Waals surface area contributed by atoms with Gasteiger partial charge in [-0.15, -0.1) is 0 Å². The molecule has 1 atom stereocenters. The molecular weight excluding hydrogens is 225 g/mol. The molecule has 0 saturated carbocycles. The molecule has 0 radical (unpaired) electrons. The Bertz CT molecular complexity index is 395. The summed E-state index contributed by atoms with van der Waals surface area (Å²) in [6.45, 7) is 1.95. The second-order valence-corrected chi connectivity index (χ2v) is 3.50. The molecule has 0 aromatic heterocycles. The molecule has 2 N–H and O–H groups in total. The molecule has 1 aromatic rings. The van der Waals surface area contributed by atoms with E-state index in [2.05, 4.69) is 0 Å². The summed E-state index contributed by atoms with van der Waals surface area (Å²) in [5.74, 6) is -0.886. The van der Waals surface area contributed by atoms with Crippen molar-refractivity contribution in [1.29, 1.82) is 0 Å². The number of carbonyl (C=O) groups is 1. The second kappa shape index (κ2) is 6.20. The van der Waals surface area contributed by atoms with Gasteiger partial charge in [-0.25, -0.2) is 4.39 Å². The average Bonchev–Trinajstić information content (AvgIpc) is 2.32. The van der Waals surface area contributed by atoms with Gasteiger partial charge in [-0.3, -0.25) is 4.79 Å². The van der Waals surface area contributed by atoms with Crippen LogP contribution in [0.4, 0.5) is 4.39 Å². The van der Waals surface area contributed by atoms with Crippen molar-refractivity contribution in [2.45, 2.75) is 19.4 Å². The molecule has 1 aromatic carbocycles. The third kappa shape index (κ3) is 3.42. The lowest BCUT2D eigenvalue weighted by Crippen LogP contribution is -2.34. The van der Waals surface area contributed by atoms with E-state index in [4.69, 9.17) is 15.2 Å². The fraction of sp³-hybridized carbons (Fsp3) is 0.417. The first-order chi connectivity index (χ1) is 8.10. The summed E-state index contributed by atoms with van der Waals surface area (Å²) in [6, 6.07) is 3.86. The van der Waals surface area contributed by atoms with Crippen LogP contribution in [0.2, 0.25) is 0 Å². The number of hydrogen-bond acceptors (Lipinski definition) is 4. The lowest BCUT2D eigenvalue weighted by Gasteiger charge is -2.12. The summed E-state index contributed by atoms with van der Waals surface area (Å²) in [6.07, 6.45) is 0.0852. The van der Waals surface area contributed by atoms with E-state index < -0.39 is 17.8 Å². The predicted octanol–water partition coefficient (Wildman–Crippen LogP) is 1.27. The van der Waals surface area contributed by atoms with Crippen molar-refractivity contribution in [2.24, 2.45) is 5.73 Å². The predicted molar refractivity (Wildman–Crippen MR) is 61.3 cm³/mol. The van der Waals surface area contributed by atoms with Crippen LogP contribution in [-0.2, 0) is 16.0 Å². The number of methoxy groups -OCH3 is 1. The quantitative estimate of drug-likeness (QED) is 0.788. The minimum absolute atomic E-state index is 0.0852. The van der Waals surface area contributed by atoms with E-state index in [-0.39, 0.29) is 18.8 Å². The molecular formula is C12H16FNO3. The van der Waals surface area contributed by atoms with Gasteiger partial charge >= 0.3 is 5.97 Å². The maximum Gasteiger partial charge on any atom is 0.323 e. The minimum Gasteiger partial charge on any atom is -0.494 e. The van der Waals surface area contributed by atoms with E-state index in [1.165, 1.54) is 13.2 Å². The van der Waals surface area contributed by atoms with Crippen LogP contribution in [0, 0.1) is 5.82 Å². The van der Waals surface area contributed by atoms with Crippen LogP contribution in [0.5, 0.6) is 5.75 Å². The van der Waals surface area contributed by atoms with E-state index in [9.17, 15) is 9.18 Å². The van der Waals surface area contributed by atoms with Crippen LogP contribution in [0.15, 0.2) is 18.2 Å². The molecule has 0 aliphatic heterocycles. The van der Waals surface area contributed by atoms with Crippen molar-refractivity contribution in [3.8, 4) is 5.75 Å². The highest BCUT2D eigenvalue weighted by atomic mass is 19.1. The van der Waals surface area contributed by atoms with Gasteiger partial charge < -0.3 is 15.2 Å². The van der Waals surface area contributed by atoms with Crippen LogP contribution >= 0.6 is 0 Å². The highest BCUT2D eigenvalue weighted by Gasteiger charge is 2.18. The van der Waals surface area contributed by atoms with Crippen LogP contribution in [0.25, 0.3) is 0 Å². The van der Waals surface area contributed by atoms with Crippen molar-refractivity contribution in [3.63, 3.8) is 0 Å². The van der Waals surface area contributed by atoms with E-state index in [1.54, 1.807) is 19.1 Å². The largest absolute Gasteiger partial charge is 0.494 e. The summed E-state index contributed by atoms with van der Waals surface area (Å²) in [4.78, 5) is 11.3. The Morgan fingerprint density at radius 3 is 2.82 bits per heavy atom. The first kappa shape index (κ1) is 13.4. The van der Waals surface area contributed by atoms with Gasteiger partial charge in [0, 0.05) is 6.42 Å². The van der Waals surface area contributed by atoms with Crippen LogP contribution in [0.3, 0.4) is 0 Å². The van der Waals surface area contributed by atoms with Crippen LogP contribution in [-0.4, -0.2) is 25.7 Å². The molecule has 0 bridgehead atoms. The van der Waals surface area contributed by atoms with Crippen LogP contribution < -0.4 is 10.5 Å². The molecule has 0 amide bonds. The monoisotopic (exact) mass is 241 g/mol. The molecule has 94 valence electrons. The Kier molecular flexibility index (Phi) is 4.90. The van der Waals surface area contributed by atoms with Gasteiger partial charge in [0.05, 0.1) is 13.7 Å². The summed E-state index contributed by atoms with van der Waals surface area (Å²) < 4.78 is 23.3. The molecule has 4 nitrogen and oxygen atoms in total. The lowest BCUT2D eigenvalue weighted by atomic mass is 10.1. The van der Waals surface area contributed by atoms with Crippen molar-refractivity contribution in [1.82, 2.24) is 0 Å². The van der Waals surface area contributed by atoms with E-state index in [0.717, 1.165) is 0 Å². The smallest absolute Gasteiger partial charge is 0.323 e. The fourth-order valence-corrected chi connectivity index (χ4v) is 1.44. The highest BCUT2D eigenvalue weighted by Crippen LogP contribution is 2.20. The highest BCUT2D eigenvalue weighted by molar-refractivity contribution is 5.75. The number of nitrogens with two attached hydrogens (primary N) is 1. The number of hydrogen-bond donors (Lipinski definition) is 1. The first-order valence-corrected chi connectivity index (χ1v) is 5.33. The van der Waals surface area contributed by atoms with Crippen molar-refractivity contribution >= 4 is 5.97 Å². The Labute approximate surface area is 99.5 Å². The van der Waals surface area contributed by atoms with E-state index >= 15 is 0 Å². The second-order valence-electron chi connectivity index (χ2n) is 3.50. The molecule has 0 aliphatic rings. The number of benzene rings is 1. The van der Waals surface area contributed by atoms with Gasteiger partial charge in [0.1, 0.15) is 6.04 Å². The summed E-state index contributed by atoms with van der Waals surface area (Å²) >= 11 is 0. The lowest BCUT2D eigenvalue weighted by molar-refractivity contribution is -0.144. The molecule has 0 heterocycles. The molecule has 1 rings (SSSR count). The van der Waals surface area contributed by atoms with Gasteiger partial charge in [0.2, 0.25) is 0 Å². The number of esters is 1. The zero-order chi connectivity index (χ0) is 12.8. The maximum absolute atomic E-state index is 13.7. The number of carbonyl (C=O) groups excluding carboxylic acids is 1. The molecule has 5 heteroatoms. The van der Waals surface area contributed by atoms with Crippen LogP contribution in [0.1, 0.15) is 12.5 Å². The van der Waals surface area contributed by atoms with Gasteiger partial charge in [-0.2, -0.15) is 0 Å².